The number of benzene rings is 1. The van der Waals surface area contributed by atoms with Gasteiger partial charge in [0.05, 0.1) is 15.5 Å². The summed E-state index contributed by atoms with van der Waals surface area (Å²) in [6, 6.07) is 4.34. The number of sulfone groups is 2. The lowest BCUT2D eigenvalue weighted by atomic mass is 9.98. The Kier molecular flexibility index (Phi) is 5.61. The van der Waals surface area contributed by atoms with Crippen molar-refractivity contribution in [2.75, 3.05) is 51.1 Å². The monoisotopic (exact) mass is 374 g/mol. The van der Waals surface area contributed by atoms with Gasteiger partial charge in [-0.15, -0.1) is 0 Å². The molecule has 1 aliphatic rings. The fraction of sp³-hybridized carbons (Fsp3) is 0.625. The molecule has 1 aliphatic heterocycles. The Bertz CT molecular complexity index is 803. The summed E-state index contributed by atoms with van der Waals surface area (Å²) in [5.74, 6) is 0.468. The van der Waals surface area contributed by atoms with Crippen LogP contribution in [-0.2, 0) is 19.7 Å². The molecule has 2 rings (SSSR count). The van der Waals surface area contributed by atoms with Crippen LogP contribution >= 0.6 is 0 Å². The average molecular weight is 375 g/mol. The van der Waals surface area contributed by atoms with Crippen molar-refractivity contribution in [2.45, 2.75) is 22.6 Å². The van der Waals surface area contributed by atoms with Crippen LogP contribution in [0.4, 0.5) is 5.69 Å². The number of hydrogen-bond donors (Lipinski definition) is 0. The summed E-state index contributed by atoms with van der Waals surface area (Å²) in [6.07, 6.45) is 4.45. The quantitative estimate of drug-likeness (QED) is 0.773. The summed E-state index contributed by atoms with van der Waals surface area (Å²) in [5.41, 5.74) is 0.554. The minimum absolute atomic E-state index is 0.0254. The van der Waals surface area contributed by atoms with E-state index in [1.54, 1.807) is 6.07 Å². The number of hydrogen-bond acceptors (Lipinski definition) is 6. The summed E-state index contributed by atoms with van der Waals surface area (Å²) in [4.78, 5) is 4.30. The smallest absolute Gasteiger partial charge is 0.177 e. The molecular weight excluding hydrogens is 348 g/mol. The summed E-state index contributed by atoms with van der Waals surface area (Å²) in [5, 5.41) is 0. The van der Waals surface area contributed by atoms with Gasteiger partial charge in [0.25, 0.3) is 0 Å². The lowest BCUT2D eigenvalue weighted by Gasteiger charge is -2.33. The van der Waals surface area contributed by atoms with Crippen molar-refractivity contribution in [1.29, 1.82) is 0 Å². The molecule has 1 atom stereocenters. The van der Waals surface area contributed by atoms with E-state index in [0.717, 1.165) is 45.0 Å². The molecule has 0 N–H and O–H groups in total. The van der Waals surface area contributed by atoms with Crippen LogP contribution < -0.4 is 4.90 Å². The van der Waals surface area contributed by atoms with E-state index < -0.39 is 19.7 Å². The third kappa shape index (κ3) is 4.70. The topological polar surface area (TPSA) is 74.8 Å². The van der Waals surface area contributed by atoms with Crippen molar-refractivity contribution in [2.24, 2.45) is 5.92 Å². The van der Waals surface area contributed by atoms with Gasteiger partial charge in [0.15, 0.2) is 19.7 Å². The third-order valence-corrected chi connectivity index (χ3v) is 6.66. The van der Waals surface area contributed by atoms with E-state index in [9.17, 15) is 16.8 Å². The Balaban J connectivity index is 2.34. The van der Waals surface area contributed by atoms with Crippen LogP contribution in [0, 0.1) is 5.92 Å². The van der Waals surface area contributed by atoms with Crippen molar-refractivity contribution in [3.63, 3.8) is 0 Å². The molecule has 24 heavy (non-hydrogen) atoms. The van der Waals surface area contributed by atoms with Crippen molar-refractivity contribution < 1.29 is 16.8 Å². The van der Waals surface area contributed by atoms with Crippen molar-refractivity contribution >= 4 is 25.4 Å². The van der Waals surface area contributed by atoms with Crippen LogP contribution in [0.15, 0.2) is 28.0 Å². The zero-order valence-corrected chi connectivity index (χ0v) is 16.3. The predicted molar refractivity (Wildman–Crippen MR) is 96.2 cm³/mol. The fourth-order valence-corrected chi connectivity index (χ4v) is 4.91. The van der Waals surface area contributed by atoms with E-state index >= 15 is 0 Å². The summed E-state index contributed by atoms with van der Waals surface area (Å²) in [7, 11) is -3.03. The van der Waals surface area contributed by atoms with E-state index in [1.165, 1.54) is 12.1 Å². The molecule has 0 saturated carbocycles. The average Bonchev–Trinajstić information content (AvgIpc) is 2.44. The lowest BCUT2D eigenvalue weighted by molar-refractivity contribution is 0.213. The van der Waals surface area contributed by atoms with Gasteiger partial charge in [0, 0.05) is 32.6 Å². The Hall–Kier alpha value is -1.12. The van der Waals surface area contributed by atoms with Crippen LogP contribution in [-0.4, -0.2) is 68.0 Å². The number of likely N-dealkylation sites (tertiary alicyclic amines) is 1. The molecule has 1 aromatic carbocycles. The lowest BCUT2D eigenvalue weighted by Crippen LogP contribution is -2.38. The minimum Gasteiger partial charge on any atom is -0.373 e. The number of rotatable bonds is 5. The Labute approximate surface area is 145 Å². The van der Waals surface area contributed by atoms with Gasteiger partial charge >= 0.3 is 0 Å². The van der Waals surface area contributed by atoms with Crippen LogP contribution in [0.25, 0.3) is 0 Å². The molecule has 0 aromatic heterocycles. The normalized spacial score (nSPS) is 20.1. The van der Waals surface area contributed by atoms with E-state index in [-0.39, 0.29) is 9.79 Å². The van der Waals surface area contributed by atoms with Crippen LogP contribution in [0.2, 0.25) is 0 Å². The molecule has 1 heterocycles. The van der Waals surface area contributed by atoms with Gasteiger partial charge in [0.1, 0.15) is 0 Å². The number of piperidine rings is 1. The Morgan fingerprint density at radius 1 is 1.17 bits per heavy atom. The van der Waals surface area contributed by atoms with Gasteiger partial charge in [-0.25, -0.2) is 16.8 Å². The molecule has 1 unspecified atom stereocenters. The molecule has 8 heteroatoms. The molecule has 1 saturated heterocycles. The van der Waals surface area contributed by atoms with Gasteiger partial charge in [0.2, 0.25) is 0 Å². The highest BCUT2D eigenvalue weighted by molar-refractivity contribution is 7.91. The number of anilines is 1. The first-order chi connectivity index (χ1) is 11.0. The van der Waals surface area contributed by atoms with Crippen LogP contribution in [0.1, 0.15) is 12.8 Å². The van der Waals surface area contributed by atoms with Gasteiger partial charge in [-0.3, -0.25) is 0 Å². The standard InChI is InChI=1S/C16H26N2O4S2/c1-17-9-5-6-13(11-17)12-18(2)15-8-7-14(23(3,19)20)10-16(15)24(4,21)22/h7-8,10,13H,5-6,9,11-12H2,1-4H3. The molecule has 136 valence electrons. The zero-order valence-electron chi connectivity index (χ0n) is 14.7. The molecule has 0 spiro atoms. The molecular formula is C16H26N2O4S2. The minimum atomic E-state index is -3.53. The van der Waals surface area contributed by atoms with Crippen molar-refractivity contribution in [3.8, 4) is 0 Å². The largest absolute Gasteiger partial charge is 0.373 e. The molecule has 6 nitrogen and oxygen atoms in total. The first kappa shape index (κ1) is 19.2. The van der Waals surface area contributed by atoms with Gasteiger partial charge in [-0.1, -0.05) is 0 Å². The summed E-state index contributed by atoms with van der Waals surface area (Å²) >= 11 is 0. The highest BCUT2D eigenvalue weighted by Gasteiger charge is 2.23. The fourth-order valence-electron chi connectivity index (χ4n) is 3.25. The van der Waals surface area contributed by atoms with Gasteiger partial charge in [-0.2, -0.15) is 0 Å². The highest BCUT2D eigenvalue weighted by atomic mass is 32.2. The Morgan fingerprint density at radius 3 is 2.38 bits per heavy atom. The maximum absolute atomic E-state index is 12.2. The van der Waals surface area contributed by atoms with Crippen molar-refractivity contribution in [3.05, 3.63) is 18.2 Å². The highest BCUT2D eigenvalue weighted by Crippen LogP contribution is 2.29. The Morgan fingerprint density at radius 2 is 1.83 bits per heavy atom. The molecule has 1 aromatic rings. The van der Waals surface area contributed by atoms with E-state index in [4.69, 9.17) is 0 Å². The van der Waals surface area contributed by atoms with Crippen LogP contribution in [0.3, 0.4) is 0 Å². The second-order valence-electron chi connectivity index (χ2n) is 6.82. The van der Waals surface area contributed by atoms with E-state index in [0.29, 0.717) is 11.6 Å². The second kappa shape index (κ2) is 7.01. The zero-order chi connectivity index (χ0) is 18.1. The third-order valence-electron chi connectivity index (χ3n) is 4.42. The molecule has 0 amide bonds. The second-order valence-corrected chi connectivity index (χ2v) is 10.8. The van der Waals surface area contributed by atoms with Crippen LogP contribution in [0.5, 0.6) is 0 Å². The predicted octanol–water partition coefficient (Wildman–Crippen LogP) is 1.27. The first-order valence-electron chi connectivity index (χ1n) is 7.92. The summed E-state index contributed by atoms with van der Waals surface area (Å²) in [6.45, 7) is 2.82. The number of nitrogens with zero attached hydrogens (tertiary/aromatic N) is 2. The molecule has 0 bridgehead atoms. The molecule has 0 aliphatic carbocycles. The first-order valence-corrected chi connectivity index (χ1v) is 11.7. The molecule has 1 fully saturated rings. The maximum Gasteiger partial charge on any atom is 0.177 e. The van der Waals surface area contributed by atoms with E-state index in [2.05, 4.69) is 11.9 Å². The molecule has 0 radical (unpaired) electrons. The van der Waals surface area contributed by atoms with E-state index in [1.807, 2.05) is 11.9 Å². The van der Waals surface area contributed by atoms with Gasteiger partial charge in [-0.05, 0) is 50.6 Å². The van der Waals surface area contributed by atoms with Crippen molar-refractivity contribution in [1.82, 2.24) is 4.90 Å². The SMILES string of the molecule is CN1CCCC(CN(C)c2ccc(S(C)(=O)=O)cc2S(C)(=O)=O)C1. The maximum atomic E-state index is 12.2. The summed E-state index contributed by atoms with van der Waals surface area (Å²) < 4.78 is 47.8. The van der Waals surface area contributed by atoms with Gasteiger partial charge < -0.3 is 9.80 Å².